The van der Waals surface area contributed by atoms with Crippen LogP contribution in [-0.2, 0) is 71.7 Å². The first-order valence-corrected chi connectivity index (χ1v) is 27.9. The third-order valence-electron chi connectivity index (χ3n) is 12.6. The molecular formula is C54H92N4O20. The first-order chi connectivity index (χ1) is 37.3. The topological polar surface area (TPSA) is 374 Å². The molecule has 0 aromatic carbocycles. The van der Waals surface area contributed by atoms with Crippen molar-refractivity contribution < 1.29 is 97.2 Å². The van der Waals surface area contributed by atoms with E-state index in [4.69, 9.17) is 29.2 Å². The second kappa shape index (κ2) is 48.5. The fourth-order valence-electron chi connectivity index (χ4n) is 7.88. The average molecular weight is 1120 g/mol. The summed E-state index contributed by atoms with van der Waals surface area (Å²) in [5.41, 5.74) is 0. The van der Waals surface area contributed by atoms with Crippen LogP contribution in [0.1, 0.15) is 187 Å². The van der Waals surface area contributed by atoms with Gasteiger partial charge in [-0.25, -0.2) is 9.59 Å². The molecule has 78 heavy (non-hydrogen) atoms. The molecule has 0 heterocycles. The zero-order chi connectivity index (χ0) is 58.2. The third kappa shape index (κ3) is 45.4. The van der Waals surface area contributed by atoms with Gasteiger partial charge in [-0.1, -0.05) is 90.4 Å². The molecule has 0 aromatic heterocycles. The van der Waals surface area contributed by atoms with E-state index in [9.17, 15) is 68.1 Å². The highest BCUT2D eigenvalue weighted by Gasteiger charge is 2.26. The molecule has 0 spiro atoms. The van der Waals surface area contributed by atoms with Crippen LogP contribution in [0.25, 0.3) is 0 Å². The Kier molecular flexibility index (Phi) is 45.1. The maximum atomic E-state index is 12.5. The van der Waals surface area contributed by atoms with Crippen LogP contribution < -0.4 is 21.3 Å². The Morgan fingerprint density at radius 3 is 1.37 bits per heavy atom. The number of nitrogens with one attached hydrogen (secondary N) is 4. The Morgan fingerprint density at radius 2 is 0.833 bits per heavy atom. The maximum absolute atomic E-state index is 12.5. The summed E-state index contributed by atoms with van der Waals surface area (Å²) < 4.78 is 21.4. The predicted molar refractivity (Wildman–Crippen MR) is 283 cm³/mol. The van der Waals surface area contributed by atoms with Crippen molar-refractivity contribution in [2.75, 3.05) is 65.9 Å². The number of unbranched alkanes of at least 4 members (excludes halogenated alkanes) is 14. The number of amides is 4. The van der Waals surface area contributed by atoms with E-state index in [2.05, 4.69) is 21.3 Å². The molecule has 448 valence electrons. The van der Waals surface area contributed by atoms with Gasteiger partial charge in [-0.05, 0) is 51.4 Å². The van der Waals surface area contributed by atoms with Crippen molar-refractivity contribution in [3.8, 4) is 0 Å². The molecule has 0 aliphatic carbocycles. The molecule has 0 aliphatic rings. The number of hydrogen-bond donors (Lipinski definition) is 9. The van der Waals surface area contributed by atoms with E-state index in [0.29, 0.717) is 32.1 Å². The largest absolute Gasteiger partial charge is 0.481 e. The minimum absolute atomic E-state index is 0.00189. The predicted octanol–water partition coefficient (Wildman–Crippen LogP) is 4.99. The van der Waals surface area contributed by atoms with E-state index in [1.165, 1.54) is 32.1 Å². The molecule has 0 bridgehead atoms. The molecule has 24 heteroatoms. The minimum Gasteiger partial charge on any atom is -0.481 e. The highest BCUT2D eigenvalue weighted by Crippen LogP contribution is 2.16. The molecule has 24 nitrogen and oxygen atoms in total. The van der Waals surface area contributed by atoms with E-state index in [1.807, 2.05) is 0 Å². The monoisotopic (exact) mass is 1120 g/mol. The molecule has 0 radical (unpaired) electrons. The normalized spacial score (nSPS) is 12.6. The molecule has 4 atom stereocenters. The zero-order valence-electron chi connectivity index (χ0n) is 46.0. The molecule has 0 aromatic rings. The van der Waals surface area contributed by atoms with Gasteiger partial charge in [0.05, 0.1) is 44.9 Å². The quantitative estimate of drug-likeness (QED) is 0.0362. The Balaban J connectivity index is 3.95. The van der Waals surface area contributed by atoms with Gasteiger partial charge in [0.15, 0.2) is 5.78 Å². The molecule has 0 saturated heterocycles. The van der Waals surface area contributed by atoms with Gasteiger partial charge in [-0.15, -0.1) is 0 Å². The summed E-state index contributed by atoms with van der Waals surface area (Å²) in [6.07, 6.45) is 16.0. The fraction of sp³-hybridized carbons (Fsp3) is 0.796. The molecule has 9 N–H and O–H groups in total. The molecule has 0 aliphatic heterocycles. The lowest BCUT2D eigenvalue weighted by molar-refractivity contribution is -0.145. The van der Waals surface area contributed by atoms with Gasteiger partial charge in [0.1, 0.15) is 31.1 Å². The van der Waals surface area contributed by atoms with Crippen LogP contribution in [0.2, 0.25) is 0 Å². The molecule has 0 rings (SSSR count). The van der Waals surface area contributed by atoms with E-state index < -0.39 is 90.3 Å². The first kappa shape index (κ1) is 72.4. The van der Waals surface area contributed by atoms with Crippen molar-refractivity contribution in [3.63, 3.8) is 0 Å². The van der Waals surface area contributed by atoms with Crippen molar-refractivity contribution in [2.24, 2.45) is 11.8 Å². The highest BCUT2D eigenvalue weighted by atomic mass is 16.5. The Hall–Kier alpha value is -5.59. The second-order valence-electron chi connectivity index (χ2n) is 19.6. The minimum atomic E-state index is -1.40. The maximum Gasteiger partial charge on any atom is 0.326 e. The average Bonchev–Trinajstić information content (AvgIpc) is 3.38. The van der Waals surface area contributed by atoms with Crippen molar-refractivity contribution in [1.82, 2.24) is 21.3 Å². The SMILES string of the molecule is C[C@@H](CCCCNC(=O)CC[C@H](NC(=O)CC[C@H](CC(=O)COCCOCCNC(=O)COCCOCCCC(=O)CC[C@H](NC(=O)CCCCCCCCCCCCCCCCC(=O)O)C(=O)O)C(=O)O)C(=O)O)C(=O)O. The number of Topliss-reactive ketones (excluding diaryl/α,β-unsaturated/α-hetero) is 2. The summed E-state index contributed by atoms with van der Waals surface area (Å²) in [6.45, 7) is 2.13. The first-order valence-electron chi connectivity index (χ1n) is 27.9. The number of carbonyl (C=O) groups excluding carboxylic acids is 6. The molecule has 0 unspecified atom stereocenters. The number of ketones is 2. The van der Waals surface area contributed by atoms with E-state index >= 15 is 0 Å². The summed E-state index contributed by atoms with van der Waals surface area (Å²) in [6, 6.07) is -2.54. The van der Waals surface area contributed by atoms with Gasteiger partial charge in [0.25, 0.3) is 0 Å². The second-order valence-corrected chi connectivity index (χ2v) is 19.6. The summed E-state index contributed by atoms with van der Waals surface area (Å²) in [4.78, 5) is 130. The number of rotatable bonds is 56. The molecule has 0 fully saturated rings. The number of aliphatic carboxylic acids is 5. The Labute approximate surface area is 458 Å². The highest BCUT2D eigenvalue weighted by molar-refractivity contribution is 5.87. The van der Waals surface area contributed by atoms with Crippen LogP contribution in [-0.4, -0.2) is 169 Å². The van der Waals surface area contributed by atoms with Gasteiger partial charge in [0, 0.05) is 64.6 Å². The van der Waals surface area contributed by atoms with Crippen LogP contribution >= 0.6 is 0 Å². The smallest absolute Gasteiger partial charge is 0.326 e. The number of carboxylic acids is 5. The zero-order valence-corrected chi connectivity index (χ0v) is 46.0. The van der Waals surface area contributed by atoms with Crippen molar-refractivity contribution in [3.05, 3.63) is 0 Å². The molecule has 4 amide bonds. The van der Waals surface area contributed by atoms with Crippen molar-refractivity contribution >= 4 is 65.0 Å². The fourth-order valence-corrected chi connectivity index (χ4v) is 7.88. The Morgan fingerprint density at radius 1 is 0.359 bits per heavy atom. The van der Waals surface area contributed by atoms with E-state index in [-0.39, 0.29) is 129 Å². The van der Waals surface area contributed by atoms with Crippen LogP contribution in [0.4, 0.5) is 0 Å². The van der Waals surface area contributed by atoms with Gasteiger partial charge in [0.2, 0.25) is 23.6 Å². The number of carbonyl (C=O) groups is 11. The number of carboxylic acid groups (broad SMARTS) is 5. The lowest BCUT2D eigenvalue weighted by atomic mass is 9.97. The van der Waals surface area contributed by atoms with Crippen LogP contribution in [0.15, 0.2) is 0 Å². The van der Waals surface area contributed by atoms with Crippen LogP contribution in [0, 0.1) is 11.8 Å². The summed E-state index contributed by atoms with van der Waals surface area (Å²) in [7, 11) is 0. The Bertz CT molecular complexity index is 1770. The van der Waals surface area contributed by atoms with Gasteiger partial charge < -0.3 is 65.7 Å². The summed E-state index contributed by atoms with van der Waals surface area (Å²) >= 11 is 0. The van der Waals surface area contributed by atoms with Crippen LogP contribution in [0.3, 0.4) is 0 Å². The van der Waals surface area contributed by atoms with Gasteiger partial charge in [-0.3, -0.25) is 43.2 Å². The molecule has 0 saturated carbocycles. The van der Waals surface area contributed by atoms with Gasteiger partial charge in [-0.2, -0.15) is 0 Å². The summed E-state index contributed by atoms with van der Waals surface area (Å²) in [5.74, 6) is -9.88. The van der Waals surface area contributed by atoms with Crippen molar-refractivity contribution in [1.29, 1.82) is 0 Å². The third-order valence-corrected chi connectivity index (χ3v) is 12.6. The number of ether oxygens (including phenoxy) is 4. The van der Waals surface area contributed by atoms with E-state index in [1.54, 1.807) is 6.92 Å². The lowest BCUT2D eigenvalue weighted by Gasteiger charge is -2.16. The van der Waals surface area contributed by atoms with Crippen molar-refractivity contribution in [2.45, 2.75) is 199 Å². The standard InChI is InChI=1S/C54H92N4O20/c1-40(51(67)68)19-16-17-29-55-46(61)28-26-45(54(73)74)58-48(63)27-23-41(52(69)70)37-43(60)38-77-35-34-76-32-30-56-49(64)39-78-36-33-75-31-18-20-42(59)24-25-44(53(71)72)57-47(62)21-14-12-10-8-6-4-2-3-5-7-9-11-13-15-22-50(65)66/h40-41,44-45H,2-39H2,1H3,(H,55,61)(H,56,64)(H,57,62)(H,58,63)(H,65,66)(H,67,68)(H,69,70)(H,71,72)(H,73,74)/t40-,41+,44-,45-/m0/s1. The van der Waals surface area contributed by atoms with E-state index in [0.717, 1.165) is 51.4 Å². The molecular weight excluding hydrogens is 1020 g/mol. The van der Waals surface area contributed by atoms with Gasteiger partial charge >= 0.3 is 29.8 Å². The van der Waals surface area contributed by atoms with Crippen LogP contribution in [0.5, 0.6) is 0 Å². The summed E-state index contributed by atoms with van der Waals surface area (Å²) in [5, 5.41) is 56.3. The lowest BCUT2D eigenvalue weighted by Crippen LogP contribution is -2.42. The number of hydrogen-bond acceptors (Lipinski definition) is 15.